The normalized spacial score (nSPS) is 20.4. The lowest BCUT2D eigenvalue weighted by Gasteiger charge is -2.16. The lowest BCUT2D eigenvalue weighted by molar-refractivity contribution is 0.284. The molecule has 2 heterocycles. The van der Waals surface area contributed by atoms with Crippen molar-refractivity contribution in [1.82, 2.24) is 0 Å². The van der Waals surface area contributed by atoms with Crippen LogP contribution in [0.5, 0.6) is 17.2 Å². The van der Waals surface area contributed by atoms with Gasteiger partial charge < -0.3 is 18.9 Å². The Morgan fingerprint density at radius 3 is 2.50 bits per heavy atom. The molecule has 2 aromatic rings. The number of ether oxygens (including phenoxy) is 4. The van der Waals surface area contributed by atoms with Crippen molar-refractivity contribution in [2.24, 2.45) is 10.9 Å². The van der Waals surface area contributed by atoms with Gasteiger partial charge in [-0.25, -0.2) is 0 Å². The van der Waals surface area contributed by atoms with Crippen molar-refractivity contribution >= 4 is 5.71 Å². The molecule has 0 radical (unpaired) electrons. The Hall–Kier alpha value is -2.79. The molecule has 0 saturated carbocycles. The van der Waals surface area contributed by atoms with Crippen LogP contribution in [-0.2, 0) is 11.3 Å². The topological polar surface area (TPSA) is 52.6 Å². The number of hydrogen-bond donors (Lipinski definition) is 0. The molecule has 146 valence electrons. The SMILES string of the molecule is COc1ccc(COc2cc(C3=NCC(CC4CO4)C=C3)ccc2OC)cc1. The summed E-state index contributed by atoms with van der Waals surface area (Å²) < 4.78 is 22.0. The summed E-state index contributed by atoms with van der Waals surface area (Å²) in [5.41, 5.74) is 3.07. The highest BCUT2D eigenvalue weighted by atomic mass is 16.6. The first-order chi connectivity index (χ1) is 13.7. The van der Waals surface area contributed by atoms with Gasteiger partial charge in [-0.1, -0.05) is 18.2 Å². The Kier molecular flexibility index (Phi) is 5.63. The van der Waals surface area contributed by atoms with Gasteiger partial charge in [0.25, 0.3) is 0 Å². The van der Waals surface area contributed by atoms with Gasteiger partial charge in [-0.15, -0.1) is 0 Å². The number of dihydropyridines is 1. The standard InChI is InChI=1S/C23H25NO4/c1-25-19-7-3-16(4-8-19)14-28-23-12-18(6-10-22(23)26-2)21-9-5-17(13-24-21)11-20-15-27-20/h3-10,12,17,20H,11,13-15H2,1-2H3. The average Bonchev–Trinajstić information content (AvgIpc) is 3.57. The van der Waals surface area contributed by atoms with Crippen LogP contribution in [0.15, 0.2) is 59.6 Å². The minimum absolute atomic E-state index is 0.436. The molecule has 0 bridgehead atoms. The van der Waals surface area contributed by atoms with Crippen molar-refractivity contribution in [2.45, 2.75) is 19.1 Å². The van der Waals surface area contributed by atoms with Gasteiger partial charge in [-0.05, 0) is 54.3 Å². The van der Waals surface area contributed by atoms with Crippen LogP contribution in [0.2, 0.25) is 0 Å². The predicted molar refractivity (Wildman–Crippen MR) is 109 cm³/mol. The second-order valence-corrected chi connectivity index (χ2v) is 7.04. The van der Waals surface area contributed by atoms with Crippen molar-refractivity contribution in [3.05, 3.63) is 65.7 Å². The number of aliphatic imine (C=N–C) groups is 1. The largest absolute Gasteiger partial charge is 0.497 e. The first kappa shape index (κ1) is 18.6. The van der Waals surface area contributed by atoms with E-state index < -0.39 is 0 Å². The fraction of sp³-hybridized carbons (Fsp3) is 0.348. The molecular formula is C23H25NO4. The van der Waals surface area contributed by atoms with Crippen LogP contribution in [-0.4, -0.2) is 39.2 Å². The number of hydrogen-bond acceptors (Lipinski definition) is 5. The third-order valence-corrected chi connectivity index (χ3v) is 5.00. The summed E-state index contributed by atoms with van der Waals surface area (Å²) in [6.07, 6.45) is 5.84. The maximum Gasteiger partial charge on any atom is 0.162 e. The Morgan fingerprint density at radius 2 is 1.86 bits per heavy atom. The van der Waals surface area contributed by atoms with Crippen LogP contribution in [0.4, 0.5) is 0 Å². The Balaban J connectivity index is 1.44. The highest BCUT2D eigenvalue weighted by Crippen LogP contribution is 2.30. The van der Waals surface area contributed by atoms with E-state index in [1.807, 2.05) is 42.5 Å². The zero-order valence-corrected chi connectivity index (χ0v) is 16.3. The van der Waals surface area contributed by atoms with E-state index in [2.05, 4.69) is 12.2 Å². The predicted octanol–water partition coefficient (Wildman–Crippen LogP) is 4.05. The maximum absolute atomic E-state index is 6.04. The first-order valence-electron chi connectivity index (χ1n) is 9.53. The van der Waals surface area contributed by atoms with Crippen molar-refractivity contribution in [1.29, 1.82) is 0 Å². The summed E-state index contributed by atoms with van der Waals surface area (Å²) >= 11 is 0. The van der Waals surface area contributed by atoms with Crippen molar-refractivity contribution in [2.75, 3.05) is 27.4 Å². The van der Waals surface area contributed by atoms with E-state index in [-0.39, 0.29) is 0 Å². The van der Waals surface area contributed by atoms with Gasteiger partial charge >= 0.3 is 0 Å². The lowest BCUT2D eigenvalue weighted by atomic mass is 9.98. The molecule has 0 N–H and O–H groups in total. The minimum atomic E-state index is 0.436. The smallest absolute Gasteiger partial charge is 0.162 e. The third-order valence-electron chi connectivity index (χ3n) is 5.00. The summed E-state index contributed by atoms with van der Waals surface area (Å²) in [5, 5.41) is 0. The van der Waals surface area contributed by atoms with E-state index in [0.29, 0.717) is 30.1 Å². The van der Waals surface area contributed by atoms with Crippen LogP contribution in [0, 0.1) is 5.92 Å². The van der Waals surface area contributed by atoms with E-state index in [9.17, 15) is 0 Å². The number of allylic oxidation sites excluding steroid dienone is 1. The summed E-state index contributed by atoms with van der Waals surface area (Å²) in [7, 11) is 3.31. The van der Waals surface area contributed by atoms with Crippen LogP contribution in [0.3, 0.4) is 0 Å². The second kappa shape index (κ2) is 8.48. The van der Waals surface area contributed by atoms with Gasteiger partial charge in [0.1, 0.15) is 12.4 Å². The second-order valence-electron chi connectivity index (χ2n) is 7.04. The number of benzene rings is 2. The van der Waals surface area contributed by atoms with Gasteiger partial charge in [0.05, 0.1) is 32.6 Å². The van der Waals surface area contributed by atoms with Crippen LogP contribution in [0.1, 0.15) is 17.5 Å². The fourth-order valence-electron chi connectivity index (χ4n) is 3.27. The molecule has 1 fully saturated rings. The molecule has 5 nitrogen and oxygen atoms in total. The number of nitrogens with zero attached hydrogens (tertiary/aromatic N) is 1. The minimum Gasteiger partial charge on any atom is -0.497 e. The average molecular weight is 379 g/mol. The van der Waals surface area contributed by atoms with Gasteiger partial charge in [0.15, 0.2) is 11.5 Å². The Bertz CT molecular complexity index is 869. The van der Waals surface area contributed by atoms with E-state index in [1.54, 1.807) is 14.2 Å². The van der Waals surface area contributed by atoms with Gasteiger partial charge in [-0.2, -0.15) is 0 Å². The van der Waals surface area contributed by atoms with E-state index in [4.69, 9.17) is 23.9 Å². The zero-order valence-electron chi connectivity index (χ0n) is 16.3. The zero-order chi connectivity index (χ0) is 19.3. The summed E-state index contributed by atoms with van der Waals surface area (Å²) in [6, 6.07) is 13.8. The molecule has 28 heavy (non-hydrogen) atoms. The highest BCUT2D eigenvalue weighted by molar-refractivity contribution is 6.09. The molecule has 2 aromatic carbocycles. The van der Waals surface area contributed by atoms with E-state index in [1.165, 1.54) is 0 Å². The van der Waals surface area contributed by atoms with Gasteiger partial charge in [0.2, 0.25) is 0 Å². The third kappa shape index (κ3) is 4.54. The molecule has 2 atom stereocenters. The molecule has 4 rings (SSSR count). The van der Waals surface area contributed by atoms with Crippen molar-refractivity contribution < 1.29 is 18.9 Å². The maximum atomic E-state index is 6.04. The quantitative estimate of drug-likeness (QED) is 0.650. The first-order valence-corrected chi connectivity index (χ1v) is 9.53. The molecule has 1 saturated heterocycles. The lowest BCUT2D eigenvalue weighted by Crippen LogP contribution is -2.13. The van der Waals surface area contributed by atoms with E-state index in [0.717, 1.165) is 42.2 Å². The van der Waals surface area contributed by atoms with Crippen LogP contribution in [0.25, 0.3) is 0 Å². The number of methoxy groups -OCH3 is 2. The van der Waals surface area contributed by atoms with Crippen LogP contribution >= 0.6 is 0 Å². The molecule has 2 aliphatic rings. The summed E-state index contributed by atoms with van der Waals surface area (Å²) in [6.45, 7) is 2.16. The van der Waals surface area contributed by atoms with Gasteiger partial charge in [0, 0.05) is 12.1 Å². The number of rotatable bonds is 8. The fourth-order valence-corrected chi connectivity index (χ4v) is 3.27. The highest BCUT2D eigenvalue weighted by Gasteiger charge is 2.26. The molecule has 0 spiro atoms. The molecule has 0 aromatic heterocycles. The number of epoxide rings is 1. The molecular weight excluding hydrogens is 354 g/mol. The summed E-state index contributed by atoms with van der Waals surface area (Å²) in [5.74, 6) is 2.72. The Morgan fingerprint density at radius 1 is 1.04 bits per heavy atom. The molecule has 2 unspecified atom stereocenters. The van der Waals surface area contributed by atoms with Gasteiger partial charge in [-0.3, -0.25) is 4.99 Å². The molecule has 0 amide bonds. The van der Waals surface area contributed by atoms with Crippen molar-refractivity contribution in [3.8, 4) is 17.2 Å². The Labute approximate surface area is 165 Å². The monoisotopic (exact) mass is 379 g/mol. The summed E-state index contributed by atoms with van der Waals surface area (Å²) in [4.78, 5) is 4.76. The van der Waals surface area contributed by atoms with Crippen molar-refractivity contribution in [3.63, 3.8) is 0 Å². The molecule has 5 heteroatoms. The van der Waals surface area contributed by atoms with E-state index >= 15 is 0 Å². The molecule has 0 aliphatic carbocycles. The molecule has 2 aliphatic heterocycles. The van der Waals surface area contributed by atoms with Crippen LogP contribution < -0.4 is 14.2 Å².